The van der Waals surface area contributed by atoms with Crippen LogP contribution in [0.25, 0.3) is 0 Å². The third kappa shape index (κ3) is 3.68. The van der Waals surface area contributed by atoms with Gasteiger partial charge in [-0.15, -0.1) is 0 Å². The van der Waals surface area contributed by atoms with Gasteiger partial charge in [-0.2, -0.15) is 0 Å². The lowest BCUT2D eigenvalue weighted by atomic mass is 9.94. The Bertz CT molecular complexity index is 248. The Balaban J connectivity index is 4.59. The van der Waals surface area contributed by atoms with Crippen LogP contribution < -0.4 is 11.5 Å². The van der Waals surface area contributed by atoms with E-state index in [1.165, 1.54) is 11.9 Å². The standard InChI is InChI=1S/C9H18ClN3O2/c1-9(7(10)14,5-3-4-6-11)13(2)8(12)15/h3-6,11H2,1-2H3,(H2,12,15)/t9-/m0/s1. The van der Waals surface area contributed by atoms with E-state index in [0.717, 1.165) is 12.8 Å². The van der Waals surface area contributed by atoms with Crippen LogP contribution in [0.15, 0.2) is 0 Å². The van der Waals surface area contributed by atoms with Crippen molar-refractivity contribution in [1.82, 2.24) is 4.90 Å². The van der Waals surface area contributed by atoms with Gasteiger partial charge >= 0.3 is 6.03 Å². The number of amides is 2. The summed E-state index contributed by atoms with van der Waals surface area (Å²) in [7, 11) is 1.46. The minimum atomic E-state index is -1.04. The van der Waals surface area contributed by atoms with Crippen LogP contribution in [0, 0.1) is 0 Å². The molecule has 0 aromatic rings. The number of carbonyl (C=O) groups excluding carboxylic acids is 2. The van der Waals surface area contributed by atoms with E-state index in [1.807, 2.05) is 0 Å². The van der Waals surface area contributed by atoms with Crippen LogP contribution in [-0.2, 0) is 4.79 Å². The second kappa shape index (κ2) is 5.92. The van der Waals surface area contributed by atoms with E-state index in [-0.39, 0.29) is 0 Å². The predicted octanol–water partition coefficient (Wildman–Crippen LogP) is 0.650. The number of likely N-dealkylation sites (N-methyl/N-ethyl adjacent to an activating group) is 1. The van der Waals surface area contributed by atoms with Gasteiger partial charge in [0.05, 0.1) is 0 Å². The largest absolute Gasteiger partial charge is 0.351 e. The number of unbranched alkanes of at least 4 members (excludes halogenated alkanes) is 1. The molecule has 4 N–H and O–H groups in total. The Labute approximate surface area is 94.7 Å². The number of urea groups is 1. The number of rotatable bonds is 6. The summed E-state index contributed by atoms with van der Waals surface area (Å²) in [4.78, 5) is 23.5. The monoisotopic (exact) mass is 235 g/mol. The van der Waals surface area contributed by atoms with E-state index in [4.69, 9.17) is 23.1 Å². The number of nitrogens with two attached hydrogens (primary N) is 2. The molecule has 0 aliphatic heterocycles. The van der Waals surface area contributed by atoms with E-state index < -0.39 is 16.8 Å². The molecule has 5 nitrogen and oxygen atoms in total. The molecule has 0 saturated heterocycles. The van der Waals surface area contributed by atoms with E-state index >= 15 is 0 Å². The third-order valence-electron chi connectivity index (χ3n) is 2.61. The van der Waals surface area contributed by atoms with Gasteiger partial charge in [-0.3, -0.25) is 4.79 Å². The second-order valence-electron chi connectivity index (χ2n) is 3.69. The highest BCUT2D eigenvalue weighted by atomic mass is 35.5. The number of hydrogen-bond donors (Lipinski definition) is 2. The normalized spacial score (nSPS) is 14.4. The number of primary amides is 1. The maximum atomic E-state index is 11.3. The fourth-order valence-corrected chi connectivity index (χ4v) is 1.48. The van der Waals surface area contributed by atoms with E-state index in [0.29, 0.717) is 13.0 Å². The third-order valence-corrected chi connectivity index (χ3v) is 3.02. The first-order chi connectivity index (χ1) is 6.86. The zero-order valence-corrected chi connectivity index (χ0v) is 9.88. The number of hydrogen-bond acceptors (Lipinski definition) is 3. The summed E-state index contributed by atoms with van der Waals surface area (Å²) in [5, 5.41) is -0.583. The highest BCUT2D eigenvalue weighted by Crippen LogP contribution is 2.23. The van der Waals surface area contributed by atoms with Crippen molar-refractivity contribution in [1.29, 1.82) is 0 Å². The number of nitrogens with zero attached hydrogens (tertiary/aromatic N) is 1. The Kier molecular flexibility index (Phi) is 5.60. The fraction of sp³-hybridized carbons (Fsp3) is 0.778. The molecule has 0 aliphatic carbocycles. The Morgan fingerprint density at radius 1 is 1.40 bits per heavy atom. The van der Waals surface area contributed by atoms with Crippen LogP contribution in [0.4, 0.5) is 4.79 Å². The maximum absolute atomic E-state index is 11.3. The molecular formula is C9H18ClN3O2. The van der Waals surface area contributed by atoms with E-state index in [1.54, 1.807) is 6.92 Å². The van der Waals surface area contributed by atoms with Gasteiger partial charge in [0.25, 0.3) is 0 Å². The molecule has 0 bridgehead atoms. The molecule has 0 saturated carbocycles. The van der Waals surface area contributed by atoms with Crippen molar-refractivity contribution in [2.45, 2.75) is 31.7 Å². The summed E-state index contributed by atoms with van der Waals surface area (Å²) >= 11 is 5.48. The summed E-state index contributed by atoms with van der Waals surface area (Å²) < 4.78 is 0. The van der Waals surface area contributed by atoms with Crippen LogP contribution >= 0.6 is 11.6 Å². The lowest BCUT2D eigenvalue weighted by Gasteiger charge is -2.34. The lowest BCUT2D eigenvalue weighted by Crippen LogP contribution is -2.53. The smallest absolute Gasteiger partial charge is 0.315 e. The first-order valence-electron chi connectivity index (χ1n) is 4.79. The van der Waals surface area contributed by atoms with Crippen LogP contribution in [0.2, 0.25) is 0 Å². The summed E-state index contributed by atoms with van der Waals surface area (Å²) in [6.07, 6.45) is 1.97. The molecule has 0 aromatic heterocycles. The minimum absolute atomic E-state index is 0.464. The molecule has 0 rings (SSSR count). The molecule has 0 heterocycles. The van der Waals surface area contributed by atoms with Crippen molar-refractivity contribution in [3.05, 3.63) is 0 Å². The maximum Gasteiger partial charge on any atom is 0.315 e. The molecule has 1 atom stereocenters. The summed E-state index contributed by atoms with van der Waals surface area (Å²) in [6.45, 7) is 2.15. The average molecular weight is 236 g/mol. The van der Waals surface area contributed by atoms with Gasteiger partial charge in [0.1, 0.15) is 5.54 Å². The van der Waals surface area contributed by atoms with Gasteiger partial charge in [-0.05, 0) is 44.3 Å². The van der Waals surface area contributed by atoms with Crippen molar-refractivity contribution in [2.24, 2.45) is 11.5 Å². The molecule has 0 radical (unpaired) electrons. The van der Waals surface area contributed by atoms with Gasteiger partial charge < -0.3 is 16.4 Å². The Hall–Kier alpha value is -0.810. The zero-order chi connectivity index (χ0) is 12.1. The molecule has 0 unspecified atom stereocenters. The van der Waals surface area contributed by atoms with Crippen LogP contribution in [0.1, 0.15) is 26.2 Å². The van der Waals surface area contributed by atoms with Gasteiger partial charge in [-0.25, -0.2) is 4.79 Å². The van der Waals surface area contributed by atoms with Crippen molar-refractivity contribution in [3.63, 3.8) is 0 Å². The highest BCUT2D eigenvalue weighted by Gasteiger charge is 2.37. The Morgan fingerprint density at radius 2 is 1.93 bits per heavy atom. The summed E-state index contributed by atoms with van der Waals surface area (Å²) in [5.41, 5.74) is 9.42. The van der Waals surface area contributed by atoms with Gasteiger partial charge in [0.2, 0.25) is 5.24 Å². The molecule has 88 valence electrons. The number of carbonyl (C=O) groups is 2. The molecular weight excluding hydrogens is 218 g/mol. The van der Waals surface area contributed by atoms with Crippen LogP contribution in [-0.4, -0.2) is 35.3 Å². The molecule has 0 fully saturated rings. The quantitative estimate of drug-likeness (QED) is 0.523. The fourth-order valence-electron chi connectivity index (χ4n) is 1.25. The summed E-state index contributed by atoms with van der Waals surface area (Å²) in [5.74, 6) is 0. The molecule has 0 spiro atoms. The van der Waals surface area contributed by atoms with Crippen molar-refractivity contribution in [3.8, 4) is 0 Å². The van der Waals surface area contributed by atoms with Gasteiger partial charge in [0, 0.05) is 7.05 Å². The van der Waals surface area contributed by atoms with Crippen molar-refractivity contribution < 1.29 is 9.59 Å². The van der Waals surface area contributed by atoms with E-state index in [9.17, 15) is 9.59 Å². The highest BCUT2D eigenvalue weighted by molar-refractivity contribution is 6.65. The SMILES string of the molecule is CN(C(N)=O)[C@@](C)(CCCCN)C(=O)Cl. The average Bonchev–Trinajstić information content (AvgIpc) is 2.16. The minimum Gasteiger partial charge on any atom is -0.351 e. The van der Waals surface area contributed by atoms with Crippen LogP contribution in [0.3, 0.4) is 0 Å². The van der Waals surface area contributed by atoms with Crippen molar-refractivity contribution >= 4 is 22.9 Å². The predicted molar refractivity (Wildman–Crippen MR) is 59.5 cm³/mol. The molecule has 2 amide bonds. The van der Waals surface area contributed by atoms with Gasteiger partial charge in [0.15, 0.2) is 0 Å². The first-order valence-corrected chi connectivity index (χ1v) is 5.17. The molecule has 0 aromatic carbocycles. The second-order valence-corrected chi connectivity index (χ2v) is 4.03. The van der Waals surface area contributed by atoms with E-state index in [2.05, 4.69) is 0 Å². The van der Waals surface area contributed by atoms with Gasteiger partial charge in [-0.1, -0.05) is 0 Å². The molecule has 0 aliphatic rings. The zero-order valence-electron chi connectivity index (χ0n) is 9.12. The summed E-state index contributed by atoms with van der Waals surface area (Å²) in [6, 6.07) is -0.667. The number of halogens is 1. The molecule has 6 heteroatoms. The first kappa shape index (κ1) is 14.2. The van der Waals surface area contributed by atoms with Crippen LogP contribution in [0.5, 0.6) is 0 Å². The Morgan fingerprint density at radius 3 is 2.27 bits per heavy atom. The van der Waals surface area contributed by atoms with Crippen molar-refractivity contribution in [2.75, 3.05) is 13.6 Å². The topological polar surface area (TPSA) is 89.4 Å². The lowest BCUT2D eigenvalue weighted by molar-refractivity contribution is -0.120. The molecule has 15 heavy (non-hydrogen) atoms.